The zero-order chi connectivity index (χ0) is 17.5. The van der Waals surface area contributed by atoms with Crippen molar-refractivity contribution >= 4 is 29.3 Å². The summed E-state index contributed by atoms with van der Waals surface area (Å²) < 4.78 is 5.41. The molecule has 2 saturated heterocycles. The van der Waals surface area contributed by atoms with Crippen LogP contribution in [0.25, 0.3) is 0 Å². The highest BCUT2D eigenvalue weighted by Gasteiger charge is 2.52. The molecule has 2 amide bonds. The van der Waals surface area contributed by atoms with E-state index < -0.39 is 11.0 Å². The van der Waals surface area contributed by atoms with Crippen molar-refractivity contribution in [2.45, 2.75) is 39.2 Å². The molecule has 2 fully saturated rings. The van der Waals surface area contributed by atoms with Gasteiger partial charge in [-0.2, -0.15) is 0 Å². The number of anilines is 1. The number of carbonyl (C=O) groups is 2. The van der Waals surface area contributed by atoms with E-state index in [-0.39, 0.29) is 17.3 Å². The van der Waals surface area contributed by atoms with Gasteiger partial charge in [-0.3, -0.25) is 4.79 Å². The molecule has 0 bridgehead atoms. The van der Waals surface area contributed by atoms with Crippen LogP contribution in [0.15, 0.2) is 12.4 Å². The van der Waals surface area contributed by atoms with Gasteiger partial charge >= 0.3 is 6.09 Å². The molecule has 1 aromatic heterocycles. The zero-order valence-corrected chi connectivity index (χ0v) is 14.8. The third-order valence-corrected chi connectivity index (χ3v) is 4.63. The number of carbonyl (C=O) groups excluding carboxylic acids is 2. The smallest absolute Gasteiger partial charge is 0.410 e. The molecule has 1 atom stereocenters. The predicted molar refractivity (Wildman–Crippen MR) is 88.9 cm³/mol. The normalized spacial score (nSPS) is 24.1. The first-order chi connectivity index (χ1) is 11.2. The summed E-state index contributed by atoms with van der Waals surface area (Å²) in [5, 5.41) is 0.150. The largest absolute Gasteiger partial charge is 0.444 e. The summed E-state index contributed by atoms with van der Waals surface area (Å²) in [7, 11) is 0. The predicted octanol–water partition coefficient (Wildman–Crippen LogP) is 2.49. The molecular formula is C16H21ClN4O3. The zero-order valence-electron chi connectivity index (χ0n) is 14.1. The molecule has 0 saturated carbocycles. The lowest BCUT2D eigenvalue weighted by molar-refractivity contribution is -0.124. The van der Waals surface area contributed by atoms with Crippen molar-refractivity contribution in [2.24, 2.45) is 5.41 Å². The molecule has 2 aliphatic heterocycles. The Morgan fingerprint density at radius 2 is 1.88 bits per heavy atom. The molecule has 0 N–H and O–H groups in total. The van der Waals surface area contributed by atoms with Gasteiger partial charge in [-0.05, 0) is 45.2 Å². The summed E-state index contributed by atoms with van der Waals surface area (Å²) in [6, 6.07) is 0. The Hall–Kier alpha value is -1.89. The van der Waals surface area contributed by atoms with Gasteiger partial charge in [0.05, 0.1) is 23.5 Å². The second kappa shape index (κ2) is 5.88. The maximum atomic E-state index is 12.9. The molecule has 3 rings (SSSR count). The molecule has 3 heterocycles. The molecule has 1 spiro atoms. The summed E-state index contributed by atoms with van der Waals surface area (Å²) >= 11 is 5.70. The fourth-order valence-corrected chi connectivity index (χ4v) is 3.34. The average molecular weight is 353 g/mol. The highest BCUT2D eigenvalue weighted by Crippen LogP contribution is 2.42. The minimum atomic E-state index is -0.542. The lowest BCUT2D eigenvalue weighted by Crippen LogP contribution is -2.40. The first-order valence-corrected chi connectivity index (χ1v) is 8.35. The Labute approximate surface area is 145 Å². The number of rotatable bonds is 1. The van der Waals surface area contributed by atoms with Crippen molar-refractivity contribution in [3.05, 3.63) is 17.7 Å². The summed E-state index contributed by atoms with van der Waals surface area (Å²) in [5.41, 5.74) is -0.438. The molecule has 1 unspecified atom stereocenters. The third-order valence-electron chi connectivity index (χ3n) is 4.44. The van der Waals surface area contributed by atoms with Gasteiger partial charge < -0.3 is 14.5 Å². The Morgan fingerprint density at radius 1 is 1.25 bits per heavy atom. The summed E-state index contributed by atoms with van der Waals surface area (Å²) in [6.45, 7) is 7.02. The van der Waals surface area contributed by atoms with E-state index >= 15 is 0 Å². The summed E-state index contributed by atoms with van der Waals surface area (Å²) in [5.74, 6) is 0.0134. The van der Waals surface area contributed by atoms with Gasteiger partial charge in [-0.15, -0.1) is 0 Å². The molecule has 0 aromatic carbocycles. The SMILES string of the molecule is CC(C)(C)OC(=O)N1CCC2(CCN(c3cnc(Cl)nc3)C2=O)C1. The van der Waals surface area contributed by atoms with Gasteiger partial charge in [-0.1, -0.05) is 0 Å². The van der Waals surface area contributed by atoms with Crippen LogP contribution in [0.1, 0.15) is 33.6 Å². The second-order valence-corrected chi connectivity index (χ2v) is 7.69. The Morgan fingerprint density at radius 3 is 2.50 bits per heavy atom. The van der Waals surface area contributed by atoms with Gasteiger partial charge in [-0.25, -0.2) is 14.8 Å². The molecule has 8 heteroatoms. The molecule has 7 nitrogen and oxygen atoms in total. The van der Waals surface area contributed by atoms with Crippen LogP contribution >= 0.6 is 11.6 Å². The number of aromatic nitrogens is 2. The van der Waals surface area contributed by atoms with E-state index in [0.717, 1.165) is 0 Å². The van der Waals surface area contributed by atoms with E-state index in [1.165, 1.54) is 0 Å². The maximum absolute atomic E-state index is 12.9. The number of ether oxygens (including phenoxy) is 1. The van der Waals surface area contributed by atoms with Crippen LogP contribution in [0.2, 0.25) is 5.28 Å². The standard InChI is InChI=1S/C16H21ClN4O3/c1-15(2,3)24-14(23)20-6-4-16(10-20)5-7-21(12(16)22)11-8-18-13(17)19-9-11/h8-9H,4-7,10H2,1-3H3. The maximum Gasteiger partial charge on any atom is 0.410 e. The van der Waals surface area contributed by atoms with Gasteiger partial charge in [0.1, 0.15) is 5.60 Å². The van der Waals surface area contributed by atoms with Crippen LogP contribution in [0.3, 0.4) is 0 Å². The number of likely N-dealkylation sites (tertiary alicyclic amines) is 1. The molecule has 0 aliphatic carbocycles. The van der Waals surface area contributed by atoms with Crippen molar-refractivity contribution in [2.75, 3.05) is 24.5 Å². The monoisotopic (exact) mass is 352 g/mol. The van der Waals surface area contributed by atoms with Crippen LogP contribution in [0.4, 0.5) is 10.5 Å². The highest BCUT2D eigenvalue weighted by atomic mass is 35.5. The third kappa shape index (κ3) is 3.17. The first-order valence-electron chi connectivity index (χ1n) is 7.98. The fourth-order valence-electron chi connectivity index (χ4n) is 3.25. The molecule has 2 aliphatic rings. The summed E-state index contributed by atoms with van der Waals surface area (Å²) in [4.78, 5) is 36.3. The number of hydrogen-bond acceptors (Lipinski definition) is 5. The summed E-state index contributed by atoms with van der Waals surface area (Å²) in [6.07, 6.45) is 4.09. The second-order valence-electron chi connectivity index (χ2n) is 7.35. The molecule has 130 valence electrons. The van der Waals surface area contributed by atoms with Crippen molar-refractivity contribution in [1.29, 1.82) is 0 Å². The van der Waals surface area contributed by atoms with Gasteiger partial charge in [0.2, 0.25) is 11.2 Å². The Balaban J connectivity index is 1.71. The van der Waals surface area contributed by atoms with E-state index in [0.29, 0.717) is 38.2 Å². The average Bonchev–Trinajstić information content (AvgIpc) is 3.05. The van der Waals surface area contributed by atoms with Crippen LogP contribution in [-0.2, 0) is 9.53 Å². The van der Waals surface area contributed by atoms with Crippen LogP contribution < -0.4 is 4.90 Å². The van der Waals surface area contributed by atoms with E-state index in [2.05, 4.69) is 9.97 Å². The van der Waals surface area contributed by atoms with Crippen molar-refractivity contribution in [1.82, 2.24) is 14.9 Å². The number of amides is 2. The van der Waals surface area contributed by atoms with Crippen molar-refractivity contribution < 1.29 is 14.3 Å². The van der Waals surface area contributed by atoms with Gasteiger partial charge in [0.15, 0.2) is 0 Å². The lowest BCUT2D eigenvalue weighted by Gasteiger charge is -2.26. The van der Waals surface area contributed by atoms with E-state index in [4.69, 9.17) is 16.3 Å². The van der Waals surface area contributed by atoms with Crippen molar-refractivity contribution in [3.8, 4) is 0 Å². The topological polar surface area (TPSA) is 75.6 Å². The van der Waals surface area contributed by atoms with E-state index in [1.807, 2.05) is 20.8 Å². The Bertz CT molecular complexity index is 658. The first kappa shape index (κ1) is 17.0. The van der Waals surface area contributed by atoms with Crippen LogP contribution in [0, 0.1) is 5.41 Å². The van der Waals surface area contributed by atoms with Crippen LogP contribution in [0.5, 0.6) is 0 Å². The Kier molecular flexibility index (Phi) is 4.15. The molecule has 24 heavy (non-hydrogen) atoms. The molecular weight excluding hydrogens is 332 g/mol. The lowest BCUT2D eigenvalue weighted by atomic mass is 9.85. The number of hydrogen-bond donors (Lipinski definition) is 0. The van der Waals surface area contributed by atoms with Crippen LogP contribution in [-0.4, -0.2) is 52.1 Å². The minimum absolute atomic E-state index is 0.0134. The van der Waals surface area contributed by atoms with Crippen molar-refractivity contribution in [3.63, 3.8) is 0 Å². The van der Waals surface area contributed by atoms with E-state index in [9.17, 15) is 9.59 Å². The van der Waals surface area contributed by atoms with Gasteiger partial charge in [0, 0.05) is 19.6 Å². The molecule has 1 aromatic rings. The molecule has 0 radical (unpaired) electrons. The number of halogens is 1. The number of nitrogens with zero attached hydrogens (tertiary/aromatic N) is 4. The quantitative estimate of drug-likeness (QED) is 0.726. The minimum Gasteiger partial charge on any atom is -0.444 e. The van der Waals surface area contributed by atoms with E-state index in [1.54, 1.807) is 22.2 Å². The highest BCUT2D eigenvalue weighted by molar-refractivity contribution is 6.28. The fraction of sp³-hybridized carbons (Fsp3) is 0.625. The van der Waals surface area contributed by atoms with Gasteiger partial charge in [0.25, 0.3) is 0 Å².